The highest BCUT2D eigenvalue weighted by molar-refractivity contribution is 5.96. The van der Waals surface area contributed by atoms with Crippen molar-refractivity contribution in [3.8, 4) is 5.75 Å². The van der Waals surface area contributed by atoms with Crippen molar-refractivity contribution in [2.24, 2.45) is 0 Å². The summed E-state index contributed by atoms with van der Waals surface area (Å²) in [5.74, 6) is 0.394. The molecule has 0 fully saturated rings. The van der Waals surface area contributed by atoms with E-state index in [-0.39, 0.29) is 18.4 Å². The van der Waals surface area contributed by atoms with E-state index in [9.17, 15) is 9.59 Å². The molecule has 0 bridgehead atoms. The molecule has 2 amide bonds. The third-order valence-corrected chi connectivity index (χ3v) is 3.57. The van der Waals surface area contributed by atoms with Crippen molar-refractivity contribution in [2.45, 2.75) is 0 Å². The van der Waals surface area contributed by atoms with Crippen LogP contribution in [0.4, 0.5) is 11.4 Å². The number of nitrogens with one attached hydrogen (secondary N) is 3. The summed E-state index contributed by atoms with van der Waals surface area (Å²) in [6.45, 7) is 1.04. The fraction of sp³-hybridized carbons (Fsp3) is 0.263. The Morgan fingerprint density at radius 3 is 2.19 bits per heavy atom. The molecule has 0 aliphatic heterocycles. The average Bonchev–Trinajstić information content (AvgIpc) is 2.67. The fourth-order valence-electron chi connectivity index (χ4n) is 2.17. The second-order valence-corrected chi connectivity index (χ2v) is 5.46. The van der Waals surface area contributed by atoms with Crippen LogP contribution in [0.3, 0.4) is 0 Å². The Morgan fingerprint density at radius 1 is 0.923 bits per heavy atom. The lowest BCUT2D eigenvalue weighted by atomic mass is 10.2. The highest BCUT2D eigenvalue weighted by Gasteiger charge is 2.06. The van der Waals surface area contributed by atoms with Gasteiger partial charge in [0.25, 0.3) is 5.91 Å². The molecule has 2 aromatic rings. The van der Waals surface area contributed by atoms with E-state index in [1.54, 1.807) is 38.5 Å². The first-order chi connectivity index (χ1) is 12.6. The second-order valence-electron chi connectivity index (χ2n) is 5.46. The Morgan fingerprint density at radius 2 is 1.58 bits per heavy atom. The maximum atomic E-state index is 12.0. The molecule has 2 rings (SSSR count). The number of hydrogen-bond acceptors (Lipinski definition) is 5. The lowest BCUT2D eigenvalue weighted by molar-refractivity contribution is -0.114. The quantitative estimate of drug-likeness (QED) is 0.598. The predicted octanol–water partition coefficient (Wildman–Crippen LogP) is 2.12. The molecule has 2 aromatic carbocycles. The zero-order valence-electron chi connectivity index (χ0n) is 14.9. The molecule has 0 spiro atoms. The molecule has 0 heterocycles. The van der Waals surface area contributed by atoms with Crippen LogP contribution in [0.5, 0.6) is 5.75 Å². The molecule has 0 saturated heterocycles. The van der Waals surface area contributed by atoms with E-state index in [0.717, 1.165) is 11.4 Å². The van der Waals surface area contributed by atoms with Gasteiger partial charge >= 0.3 is 0 Å². The van der Waals surface area contributed by atoms with Gasteiger partial charge in [0.15, 0.2) is 0 Å². The Hall–Kier alpha value is -3.06. The first-order valence-electron chi connectivity index (χ1n) is 8.17. The number of ether oxygens (including phenoxy) is 2. The molecule has 0 aromatic heterocycles. The van der Waals surface area contributed by atoms with Crippen molar-refractivity contribution in [3.63, 3.8) is 0 Å². The Labute approximate surface area is 152 Å². The van der Waals surface area contributed by atoms with E-state index in [1.165, 1.54) is 0 Å². The summed E-state index contributed by atoms with van der Waals surface area (Å²) in [5.41, 5.74) is 1.97. The SMILES string of the molecule is COCCNC(=O)c1ccc(NC(=O)CNc2ccc(OC)cc2)cc1. The van der Waals surface area contributed by atoms with E-state index in [4.69, 9.17) is 9.47 Å². The summed E-state index contributed by atoms with van der Waals surface area (Å²) in [7, 11) is 3.18. The summed E-state index contributed by atoms with van der Waals surface area (Å²) in [6, 6.07) is 14.0. The molecule has 0 aliphatic rings. The van der Waals surface area contributed by atoms with Crippen LogP contribution in [-0.2, 0) is 9.53 Å². The summed E-state index contributed by atoms with van der Waals surface area (Å²) >= 11 is 0. The Balaban J connectivity index is 1.80. The molecule has 7 nitrogen and oxygen atoms in total. The first kappa shape index (κ1) is 19.3. The van der Waals surface area contributed by atoms with Gasteiger partial charge in [0.2, 0.25) is 5.91 Å². The zero-order valence-corrected chi connectivity index (χ0v) is 14.9. The molecule has 7 heteroatoms. The van der Waals surface area contributed by atoms with Gasteiger partial charge in [-0.2, -0.15) is 0 Å². The monoisotopic (exact) mass is 357 g/mol. The maximum Gasteiger partial charge on any atom is 0.251 e. The molecule has 0 saturated carbocycles. The minimum Gasteiger partial charge on any atom is -0.497 e. The molecule has 3 N–H and O–H groups in total. The zero-order chi connectivity index (χ0) is 18.8. The van der Waals surface area contributed by atoms with Crippen LogP contribution in [0.2, 0.25) is 0 Å². The van der Waals surface area contributed by atoms with Crippen LogP contribution in [0.15, 0.2) is 48.5 Å². The van der Waals surface area contributed by atoms with Gasteiger partial charge in [-0.25, -0.2) is 0 Å². The van der Waals surface area contributed by atoms with Gasteiger partial charge in [0.1, 0.15) is 5.75 Å². The summed E-state index contributed by atoms with van der Waals surface area (Å²) in [5, 5.41) is 8.54. The summed E-state index contributed by atoms with van der Waals surface area (Å²) in [4.78, 5) is 23.9. The topological polar surface area (TPSA) is 88.7 Å². The summed E-state index contributed by atoms with van der Waals surface area (Å²) < 4.78 is 9.97. The predicted molar refractivity (Wildman–Crippen MR) is 101 cm³/mol. The minimum atomic E-state index is -0.182. The van der Waals surface area contributed by atoms with Gasteiger partial charge < -0.3 is 25.4 Å². The normalized spacial score (nSPS) is 10.1. The smallest absolute Gasteiger partial charge is 0.251 e. The van der Waals surface area contributed by atoms with Gasteiger partial charge in [0.05, 0.1) is 20.3 Å². The number of rotatable bonds is 9. The molecule has 0 radical (unpaired) electrons. The number of carbonyl (C=O) groups is 2. The van der Waals surface area contributed by atoms with Gasteiger partial charge in [0, 0.05) is 30.6 Å². The van der Waals surface area contributed by atoms with Crippen LogP contribution < -0.4 is 20.7 Å². The highest BCUT2D eigenvalue weighted by atomic mass is 16.5. The van der Waals surface area contributed by atoms with E-state index in [2.05, 4.69) is 16.0 Å². The van der Waals surface area contributed by atoms with Gasteiger partial charge in [-0.05, 0) is 48.5 Å². The van der Waals surface area contributed by atoms with Crippen molar-refractivity contribution in [3.05, 3.63) is 54.1 Å². The van der Waals surface area contributed by atoms with Crippen LogP contribution in [-0.4, -0.2) is 45.7 Å². The van der Waals surface area contributed by atoms with Crippen molar-refractivity contribution in [1.29, 1.82) is 0 Å². The van der Waals surface area contributed by atoms with Crippen LogP contribution in [0.1, 0.15) is 10.4 Å². The maximum absolute atomic E-state index is 12.0. The van der Waals surface area contributed by atoms with E-state index in [1.807, 2.05) is 24.3 Å². The Kier molecular flexibility index (Phi) is 7.45. The molecule has 26 heavy (non-hydrogen) atoms. The fourth-order valence-corrected chi connectivity index (χ4v) is 2.17. The lowest BCUT2D eigenvalue weighted by Crippen LogP contribution is -2.27. The number of hydrogen-bond donors (Lipinski definition) is 3. The number of amides is 2. The van der Waals surface area contributed by atoms with Crippen LogP contribution >= 0.6 is 0 Å². The molecule has 138 valence electrons. The lowest BCUT2D eigenvalue weighted by Gasteiger charge is -2.09. The van der Waals surface area contributed by atoms with Crippen LogP contribution in [0, 0.1) is 0 Å². The minimum absolute atomic E-state index is 0.131. The van der Waals surface area contributed by atoms with Crippen LogP contribution in [0.25, 0.3) is 0 Å². The van der Waals surface area contributed by atoms with Gasteiger partial charge in [-0.1, -0.05) is 0 Å². The molecular formula is C19H23N3O4. The van der Waals surface area contributed by atoms with Crippen molar-refractivity contribution in [1.82, 2.24) is 5.32 Å². The molecular weight excluding hydrogens is 334 g/mol. The molecule has 0 aliphatic carbocycles. The second kappa shape index (κ2) is 10.0. The van der Waals surface area contributed by atoms with Crippen molar-refractivity contribution < 1.29 is 19.1 Å². The first-order valence-corrected chi connectivity index (χ1v) is 8.17. The highest BCUT2D eigenvalue weighted by Crippen LogP contribution is 2.15. The van der Waals surface area contributed by atoms with Gasteiger partial charge in [-0.3, -0.25) is 9.59 Å². The summed E-state index contributed by atoms with van der Waals surface area (Å²) in [6.07, 6.45) is 0. The molecule has 0 unspecified atom stereocenters. The van der Waals surface area contributed by atoms with E-state index >= 15 is 0 Å². The number of benzene rings is 2. The van der Waals surface area contributed by atoms with E-state index in [0.29, 0.717) is 24.4 Å². The Bertz CT molecular complexity index is 715. The largest absolute Gasteiger partial charge is 0.497 e. The number of methoxy groups -OCH3 is 2. The van der Waals surface area contributed by atoms with Gasteiger partial charge in [-0.15, -0.1) is 0 Å². The van der Waals surface area contributed by atoms with E-state index < -0.39 is 0 Å². The number of anilines is 2. The van der Waals surface area contributed by atoms with Crippen molar-refractivity contribution in [2.75, 3.05) is 44.5 Å². The third kappa shape index (κ3) is 6.10. The third-order valence-electron chi connectivity index (χ3n) is 3.57. The molecule has 0 atom stereocenters. The van der Waals surface area contributed by atoms with Crippen molar-refractivity contribution >= 4 is 23.2 Å². The number of carbonyl (C=O) groups excluding carboxylic acids is 2. The standard InChI is InChI=1S/C19H23N3O4/c1-25-12-11-20-19(24)14-3-5-16(6-4-14)22-18(23)13-21-15-7-9-17(26-2)10-8-15/h3-10,21H,11-13H2,1-2H3,(H,20,24)(H,22,23). The average molecular weight is 357 g/mol.